The molecule has 18 heavy (non-hydrogen) atoms. The summed E-state index contributed by atoms with van der Waals surface area (Å²) in [4.78, 5) is 37.7. The molecule has 1 aromatic heterocycles. The number of anilines is 1. The van der Waals surface area contributed by atoms with Crippen molar-refractivity contribution in [2.75, 3.05) is 5.32 Å². The number of hydrogen-bond acceptors (Lipinski definition) is 4. The predicted molar refractivity (Wildman–Crippen MR) is 64.7 cm³/mol. The molecule has 0 spiro atoms. The number of rotatable bonds is 3. The molecule has 1 aliphatic rings. The van der Waals surface area contributed by atoms with Gasteiger partial charge in [-0.25, -0.2) is 4.79 Å². The van der Waals surface area contributed by atoms with Gasteiger partial charge in [0.05, 0.1) is 5.92 Å². The van der Waals surface area contributed by atoms with Gasteiger partial charge >= 0.3 is 11.7 Å². The summed E-state index contributed by atoms with van der Waals surface area (Å²) in [5.74, 6) is -0.814. The van der Waals surface area contributed by atoms with Crippen molar-refractivity contribution in [2.24, 2.45) is 5.92 Å². The number of aromatic nitrogens is 2. The number of carboxylic acid groups (broad SMARTS) is 1. The second-order valence-electron chi connectivity index (χ2n) is 4.54. The molecule has 0 saturated heterocycles. The monoisotopic (exact) mass is 253 g/mol. The fourth-order valence-corrected chi connectivity index (χ4v) is 2.31. The van der Waals surface area contributed by atoms with Crippen molar-refractivity contribution in [1.29, 1.82) is 0 Å². The Balaban J connectivity index is 2.07. The maximum atomic E-state index is 11.1. The van der Waals surface area contributed by atoms with Gasteiger partial charge in [0.25, 0.3) is 5.56 Å². The molecule has 2 unspecified atom stereocenters. The van der Waals surface area contributed by atoms with E-state index in [4.69, 9.17) is 5.11 Å². The molecule has 7 nitrogen and oxygen atoms in total. The van der Waals surface area contributed by atoms with Crippen LogP contribution >= 0.6 is 0 Å². The number of aromatic amines is 2. The number of hydrogen-bond donors (Lipinski definition) is 4. The lowest BCUT2D eigenvalue weighted by atomic mass is 9.86. The zero-order valence-electron chi connectivity index (χ0n) is 9.73. The molecule has 0 amide bonds. The Kier molecular flexibility index (Phi) is 3.50. The molecular weight excluding hydrogens is 238 g/mol. The first-order valence-corrected chi connectivity index (χ1v) is 5.87. The zero-order chi connectivity index (χ0) is 13.1. The molecule has 1 fully saturated rings. The molecular formula is C11H15N3O4. The molecule has 98 valence electrons. The first-order valence-electron chi connectivity index (χ1n) is 5.87. The highest BCUT2D eigenvalue weighted by Gasteiger charge is 2.26. The fourth-order valence-electron chi connectivity index (χ4n) is 2.31. The van der Waals surface area contributed by atoms with Crippen molar-refractivity contribution < 1.29 is 9.90 Å². The average Bonchev–Trinajstić information content (AvgIpc) is 2.27. The molecule has 4 N–H and O–H groups in total. The van der Waals surface area contributed by atoms with Crippen LogP contribution in [-0.4, -0.2) is 27.1 Å². The minimum atomic E-state index is -0.791. The maximum absolute atomic E-state index is 11.1. The SMILES string of the molecule is O=C(O)C1CCCC(Nc2cc(=O)[nH]c(=O)[nH]2)C1. The van der Waals surface area contributed by atoms with Crippen LogP contribution in [0.4, 0.5) is 5.82 Å². The largest absolute Gasteiger partial charge is 0.481 e. The first-order chi connectivity index (χ1) is 8.54. The van der Waals surface area contributed by atoms with Crippen molar-refractivity contribution in [3.8, 4) is 0 Å². The summed E-state index contributed by atoms with van der Waals surface area (Å²) >= 11 is 0. The van der Waals surface area contributed by atoms with Crippen LogP contribution in [0.3, 0.4) is 0 Å². The van der Waals surface area contributed by atoms with Crippen molar-refractivity contribution in [2.45, 2.75) is 31.7 Å². The molecule has 0 bridgehead atoms. The summed E-state index contributed by atoms with van der Waals surface area (Å²) in [5.41, 5.74) is -1.05. The van der Waals surface area contributed by atoms with Crippen LogP contribution in [0.5, 0.6) is 0 Å². The van der Waals surface area contributed by atoms with Gasteiger partial charge in [-0.3, -0.25) is 19.6 Å². The maximum Gasteiger partial charge on any atom is 0.327 e. The standard InChI is InChI=1S/C11H15N3O4/c15-9-5-8(13-11(18)14-9)12-7-3-1-2-6(4-7)10(16)17/h5-7H,1-4H2,(H,16,17)(H3,12,13,14,15,18). The van der Waals surface area contributed by atoms with Crippen molar-refractivity contribution in [3.63, 3.8) is 0 Å². The molecule has 0 radical (unpaired) electrons. The third-order valence-corrected chi connectivity index (χ3v) is 3.14. The van der Waals surface area contributed by atoms with Gasteiger partial charge in [-0.1, -0.05) is 6.42 Å². The van der Waals surface area contributed by atoms with Crippen LogP contribution in [0, 0.1) is 5.92 Å². The Morgan fingerprint density at radius 3 is 2.78 bits per heavy atom. The van der Waals surface area contributed by atoms with Gasteiger partial charge in [0.1, 0.15) is 5.82 Å². The molecule has 2 rings (SSSR count). The Bertz CT molecular complexity index is 519. The molecule has 0 aliphatic heterocycles. The number of carboxylic acids is 1. The summed E-state index contributed by atoms with van der Waals surface area (Å²) in [6.07, 6.45) is 2.84. The van der Waals surface area contributed by atoms with E-state index in [1.54, 1.807) is 0 Å². The van der Waals surface area contributed by atoms with Crippen molar-refractivity contribution in [1.82, 2.24) is 9.97 Å². The van der Waals surface area contributed by atoms with Gasteiger partial charge in [0.2, 0.25) is 0 Å². The third-order valence-electron chi connectivity index (χ3n) is 3.14. The Morgan fingerprint density at radius 2 is 2.11 bits per heavy atom. The number of H-pyrrole nitrogens is 2. The van der Waals surface area contributed by atoms with E-state index in [0.717, 1.165) is 12.8 Å². The average molecular weight is 253 g/mol. The summed E-state index contributed by atoms with van der Waals surface area (Å²) in [6.45, 7) is 0. The van der Waals surface area contributed by atoms with Crippen LogP contribution in [0.1, 0.15) is 25.7 Å². The van der Waals surface area contributed by atoms with Gasteiger partial charge in [-0.05, 0) is 19.3 Å². The van der Waals surface area contributed by atoms with Gasteiger partial charge in [0.15, 0.2) is 0 Å². The Morgan fingerprint density at radius 1 is 1.33 bits per heavy atom. The number of aliphatic carboxylic acids is 1. The summed E-state index contributed by atoms with van der Waals surface area (Å²) in [5, 5.41) is 12.0. The summed E-state index contributed by atoms with van der Waals surface area (Å²) in [7, 11) is 0. The molecule has 1 aromatic rings. The molecule has 1 aliphatic carbocycles. The highest BCUT2D eigenvalue weighted by Crippen LogP contribution is 2.26. The fraction of sp³-hybridized carbons (Fsp3) is 0.545. The first kappa shape index (κ1) is 12.4. The second-order valence-corrected chi connectivity index (χ2v) is 4.54. The molecule has 1 saturated carbocycles. The topological polar surface area (TPSA) is 115 Å². The Hall–Kier alpha value is -2.05. The number of carbonyl (C=O) groups is 1. The van der Waals surface area contributed by atoms with Crippen molar-refractivity contribution in [3.05, 3.63) is 26.9 Å². The quantitative estimate of drug-likeness (QED) is 0.610. The third kappa shape index (κ3) is 2.99. The number of nitrogens with one attached hydrogen (secondary N) is 3. The minimum absolute atomic E-state index is 0.0303. The van der Waals surface area contributed by atoms with Crippen molar-refractivity contribution >= 4 is 11.8 Å². The lowest BCUT2D eigenvalue weighted by Crippen LogP contribution is -2.33. The van der Waals surface area contributed by atoms with Gasteiger partial charge in [-0.2, -0.15) is 0 Å². The van der Waals surface area contributed by atoms with E-state index < -0.39 is 17.2 Å². The van der Waals surface area contributed by atoms with Crippen LogP contribution in [0.2, 0.25) is 0 Å². The van der Waals surface area contributed by atoms with Crippen LogP contribution < -0.4 is 16.6 Å². The van der Waals surface area contributed by atoms with E-state index in [1.165, 1.54) is 6.07 Å². The Labute approximate surface area is 102 Å². The minimum Gasteiger partial charge on any atom is -0.481 e. The summed E-state index contributed by atoms with van der Waals surface area (Å²) in [6, 6.07) is 1.23. The lowest BCUT2D eigenvalue weighted by Gasteiger charge is -2.27. The van der Waals surface area contributed by atoms with Crippen LogP contribution in [0.25, 0.3) is 0 Å². The highest BCUT2D eigenvalue weighted by atomic mass is 16.4. The normalized spacial score (nSPS) is 23.6. The van der Waals surface area contributed by atoms with E-state index >= 15 is 0 Å². The van der Waals surface area contributed by atoms with Crippen LogP contribution in [0.15, 0.2) is 15.7 Å². The molecule has 1 heterocycles. The van der Waals surface area contributed by atoms with Gasteiger partial charge in [-0.15, -0.1) is 0 Å². The smallest absolute Gasteiger partial charge is 0.327 e. The predicted octanol–water partition coefficient (Wildman–Crippen LogP) is 0.118. The summed E-state index contributed by atoms with van der Waals surface area (Å²) < 4.78 is 0. The van der Waals surface area contributed by atoms with E-state index in [2.05, 4.69) is 15.3 Å². The van der Waals surface area contributed by atoms with Gasteiger partial charge < -0.3 is 10.4 Å². The van der Waals surface area contributed by atoms with E-state index in [9.17, 15) is 14.4 Å². The van der Waals surface area contributed by atoms with Gasteiger partial charge in [0, 0.05) is 12.1 Å². The highest BCUT2D eigenvalue weighted by molar-refractivity contribution is 5.70. The molecule has 0 aromatic carbocycles. The van der Waals surface area contributed by atoms with E-state index in [1.807, 2.05) is 0 Å². The van der Waals surface area contributed by atoms with E-state index in [-0.39, 0.29) is 12.0 Å². The second kappa shape index (κ2) is 5.07. The van der Waals surface area contributed by atoms with Crippen LogP contribution in [-0.2, 0) is 4.79 Å². The molecule has 2 atom stereocenters. The molecule has 7 heteroatoms. The zero-order valence-corrected chi connectivity index (χ0v) is 9.73. The lowest BCUT2D eigenvalue weighted by molar-refractivity contribution is -0.142. The van der Waals surface area contributed by atoms with E-state index in [0.29, 0.717) is 18.7 Å².